The van der Waals surface area contributed by atoms with Crippen molar-refractivity contribution in [1.82, 2.24) is 4.42 Å². The number of halogens is 1. The predicted molar refractivity (Wildman–Crippen MR) is 44.5 cm³/mol. The Balaban J connectivity index is 4.33. The standard InChI is InChI=1S/C7H12ClNO3/c1-4-6(7(11)12-3)9(8)5(2)10/h6H,4H2,1-3H3. The molecule has 0 saturated carbocycles. The molecular weight excluding hydrogens is 182 g/mol. The molecule has 0 N–H and O–H groups in total. The van der Waals surface area contributed by atoms with Gasteiger partial charge in [0.2, 0.25) is 5.91 Å². The fraction of sp³-hybridized carbons (Fsp3) is 0.714. The van der Waals surface area contributed by atoms with Crippen LogP contribution in [0, 0.1) is 0 Å². The van der Waals surface area contributed by atoms with Gasteiger partial charge in [-0.05, 0) is 6.42 Å². The van der Waals surface area contributed by atoms with E-state index in [1.54, 1.807) is 6.92 Å². The van der Waals surface area contributed by atoms with Crippen molar-refractivity contribution in [3.8, 4) is 0 Å². The summed E-state index contributed by atoms with van der Waals surface area (Å²) in [7, 11) is 1.26. The highest BCUT2D eigenvalue weighted by Crippen LogP contribution is 2.09. The zero-order valence-corrected chi connectivity index (χ0v) is 8.09. The molecule has 0 aromatic heterocycles. The van der Waals surface area contributed by atoms with Gasteiger partial charge in [-0.3, -0.25) is 4.79 Å². The molecule has 0 aromatic carbocycles. The Kier molecular flexibility index (Phi) is 4.66. The van der Waals surface area contributed by atoms with E-state index >= 15 is 0 Å². The second-order valence-corrected chi connectivity index (χ2v) is 2.64. The SMILES string of the molecule is CCC(C(=O)OC)N(Cl)C(C)=O. The zero-order chi connectivity index (χ0) is 9.72. The second-order valence-electron chi connectivity index (χ2n) is 2.28. The molecule has 70 valence electrons. The van der Waals surface area contributed by atoms with Crippen LogP contribution in [-0.4, -0.2) is 29.4 Å². The van der Waals surface area contributed by atoms with E-state index in [4.69, 9.17) is 11.8 Å². The quantitative estimate of drug-likeness (QED) is 0.495. The monoisotopic (exact) mass is 193 g/mol. The molecule has 0 aliphatic heterocycles. The number of rotatable bonds is 3. The lowest BCUT2D eigenvalue weighted by molar-refractivity contribution is -0.148. The average molecular weight is 194 g/mol. The Morgan fingerprint density at radius 3 is 2.33 bits per heavy atom. The molecule has 0 radical (unpaired) electrons. The van der Waals surface area contributed by atoms with Gasteiger partial charge in [0.25, 0.3) is 0 Å². The average Bonchev–Trinajstić information content (AvgIpc) is 2.05. The number of carbonyl (C=O) groups excluding carboxylic acids is 2. The molecule has 1 unspecified atom stereocenters. The van der Waals surface area contributed by atoms with Crippen LogP contribution in [0.5, 0.6) is 0 Å². The topological polar surface area (TPSA) is 46.6 Å². The molecule has 0 heterocycles. The van der Waals surface area contributed by atoms with E-state index in [-0.39, 0.29) is 5.91 Å². The smallest absolute Gasteiger partial charge is 0.330 e. The summed E-state index contributed by atoms with van der Waals surface area (Å²) in [5, 5.41) is 0. The van der Waals surface area contributed by atoms with Gasteiger partial charge in [-0.25, -0.2) is 9.21 Å². The van der Waals surface area contributed by atoms with Gasteiger partial charge in [-0.15, -0.1) is 0 Å². The summed E-state index contributed by atoms with van der Waals surface area (Å²) in [5.41, 5.74) is 0. The lowest BCUT2D eigenvalue weighted by Gasteiger charge is -2.19. The van der Waals surface area contributed by atoms with Gasteiger partial charge < -0.3 is 4.74 Å². The van der Waals surface area contributed by atoms with E-state index in [9.17, 15) is 9.59 Å². The van der Waals surface area contributed by atoms with E-state index in [1.165, 1.54) is 14.0 Å². The lowest BCUT2D eigenvalue weighted by atomic mass is 10.2. The Morgan fingerprint density at radius 1 is 1.58 bits per heavy atom. The van der Waals surface area contributed by atoms with Crippen LogP contribution >= 0.6 is 11.8 Å². The molecule has 0 bridgehead atoms. The Bertz CT molecular complexity index is 183. The Hall–Kier alpha value is -0.770. The predicted octanol–water partition coefficient (Wildman–Crippen LogP) is 0.940. The van der Waals surface area contributed by atoms with Gasteiger partial charge >= 0.3 is 5.97 Å². The van der Waals surface area contributed by atoms with E-state index in [0.717, 1.165) is 4.42 Å². The highest BCUT2D eigenvalue weighted by atomic mass is 35.5. The number of hydrogen-bond donors (Lipinski definition) is 0. The third-order valence-corrected chi connectivity index (χ3v) is 1.91. The highest BCUT2D eigenvalue weighted by Gasteiger charge is 2.25. The first-order chi connectivity index (χ1) is 5.54. The molecule has 0 aliphatic rings. The first kappa shape index (κ1) is 11.2. The molecule has 1 atom stereocenters. The summed E-state index contributed by atoms with van der Waals surface area (Å²) in [5.74, 6) is -0.864. The second kappa shape index (κ2) is 4.98. The number of esters is 1. The van der Waals surface area contributed by atoms with Crippen LogP contribution in [0.25, 0.3) is 0 Å². The van der Waals surface area contributed by atoms with Crippen molar-refractivity contribution < 1.29 is 14.3 Å². The van der Waals surface area contributed by atoms with E-state index in [1.807, 2.05) is 0 Å². The minimum Gasteiger partial charge on any atom is -0.467 e. The molecule has 0 aromatic rings. The molecule has 0 saturated heterocycles. The van der Waals surface area contributed by atoms with Gasteiger partial charge in [0, 0.05) is 18.7 Å². The summed E-state index contributed by atoms with van der Waals surface area (Å²) in [4.78, 5) is 21.7. The molecule has 0 fully saturated rings. The van der Waals surface area contributed by atoms with Crippen LogP contribution in [0.3, 0.4) is 0 Å². The van der Waals surface area contributed by atoms with Gasteiger partial charge in [-0.2, -0.15) is 0 Å². The molecule has 12 heavy (non-hydrogen) atoms. The highest BCUT2D eigenvalue weighted by molar-refractivity contribution is 6.22. The Labute approximate surface area is 76.5 Å². The zero-order valence-electron chi connectivity index (χ0n) is 7.33. The number of hydrogen-bond acceptors (Lipinski definition) is 3. The maximum atomic E-state index is 11.0. The molecule has 0 rings (SSSR count). The fourth-order valence-electron chi connectivity index (χ4n) is 0.775. The maximum Gasteiger partial charge on any atom is 0.330 e. The van der Waals surface area contributed by atoms with E-state index in [2.05, 4.69) is 4.74 Å². The third kappa shape index (κ3) is 2.70. The maximum absolute atomic E-state index is 11.0. The van der Waals surface area contributed by atoms with Crippen molar-refractivity contribution in [2.75, 3.05) is 7.11 Å². The van der Waals surface area contributed by atoms with Crippen molar-refractivity contribution in [2.24, 2.45) is 0 Å². The number of amides is 1. The van der Waals surface area contributed by atoms with Crippen LogP contribution in [0.15, 0.2) is 0 Å². The van der Waals surface area contributed by atoms with E-state index < -0.39 is 12.0 Å². The van der Waals surface area contributed by atoms with Gasteiger partial charge in [0.15, 0.2) is 0 Å². The number of carbonyl (C=O) groups is 2. The third-order valence-electron chi connectivity index (χ3n) is 1.43. The first-order valence-corrected chi connectivity index (χ1v) is 3.91. The van der Waals surface area contributed by atoms with Gasteiger partial charge in [0.1, 0.15) is 6.04 Å². The fourth-order valence-corrected chi connectivity index (χ4v) is 0.993. The summed E-state index contributed by atoms with van der Waals surface area (Å²) < 4.78 is 5.31. The number of ether oxygens (including phenoxy) is 1. The summed E-state index contributed by atoms with van der Waals surface area (Å²) in [6.07, 6.45) is 0.440. The Morgan fingerprint density at radius 2 is 2.08 bits per heavy atom. The molecule has 0 aliphatic carbocycles. The normalized spacial score (nSPS) is 12.0. The summed E-state index contributed by atoms with van der Waals surface area (Å²) in [6, 6.07) is -0.686. The largest absolute Gasteiger partial charge is 0.467 e. The van der Waals surface area contributed by atoms with Crippen LogP contribution in [0.1, 0.15) is 20.3 Å². The lowest BCUT2D eigenvalue weighted by Crippen LogP contribution is -2.37. The van der Waals surface area contributed by atoms with E-state index in [0.29, 0.717) is 6.42 Å². The number of methoxy groups -OCH3 is 1. The van der Waals surface area contributed by atoms with Crippen molar-refractivity contribution in [2.45, 2.75) is 26.3 Å². The van der Waals surface area contributed by atoms with Gasteiger partial charge in [-0.1, -0.05) is 6.92 Å². The van der Waals surface area contributed by atoms with Crippen LogP contribution < -0.4 is 0 Å². The van der Waals surface area contributed by atoms with Gasteiger partial charge in [0.05, 0.1) is 7.11 Å². The minimum atomic E-state index is -0.686. The number of nitrogens with zero attached hydrogens (tertiary/aromatic N) is 1. The van der Waals surface area contributed by atoms with Crippen molar-refractivity contribution in [3.05, 3.63) is 0 Å². The molecule has 0 spiro atoms. The molecule has 4 nitrogen and oxygen atoms in total. The van der Waals surface area contributed by atoms with Crippen LogP contribution in [0.2, 0.25) is 0 Å². The van der Waals surface area contributed by atoms with Crippen molar-refractivity contribution in [3.63, 3.8) is 0 Å². The molecule has 5 heteroatoms. The minimum absolute atomic E-state index is 0.367. The van der Waals surface area contributed by atoms with Crippen LogP contribution in [0.4, 0.5) is 0 Å². The van der Waals surface area contributed by atoms with Crippen molar-refractivity contribution >= 4 is 23.7 Å². The molecule has 1 amide bonds. The first-order valence-electron chi connectivity index (χ1n) is 3.58. The summed E-state index contributed by atoms with van der Waals surface area (Å²) >= 11 is 5.54. The van der Waals surface area contributed by atoms with Crippen LogP contribution in [-0.2, 0) is 14.3 Å². The van der Waals surface area contributed by atoms with Crippen molar-refractivity contribution in [1.29, 1.82) is 0 Å². The molecular formula is C7H12ClNO3. The summed E-state index contributed by atoms with van der Waals surface area (Å²) in [6.45, 7) is 3.04.